The Hall–Kier alpha value is -1.10. The standard InChI is InChI=1S/C17H28N2O2/c1-13-10-17(19-8-6-16(12-19)14(2)20)5-4-15(13)11-18-7-9-21-3/h4-5,10,14,16,18,20H,6-9,11-12H2,1-3H3. The first-order valence-corrected chi connectivity index (χ1v) is 7.84. The highest BCUT2D eigenvalue weighted by Gasteiger charge is 2.26. The summed E-state index contributed by atoms with van der Waals surface area (Å²) >= 11 is 0. The molecule has 1 aromatic rings. The molecule has 118 valence electrons. The molecule has 0 aromatic heterocycles. The van der Waals surface area contributed by atoms with Gasteiger partial charge in [0.15, 0.2) is 0 Å². The number of hydrogen-bond acceptors (Lipinski definition) is 4. The molecule has 0 saturated carbocycles. The summed E-state index contributed by atoms with van der Waals surface area (Å²) in [7, 11) is 1.72. The lowest BCUT2D eigenvalue weighted by molar-refractivity contribution is 0.136. The first-order chi connectivity index (χ1) is 10.1. The highest BCUT2D eigenvalue weighted by molar-refractivity contribution is 5.51. The number of aliphatic hydroxyl groups excluding tert-OH is 1. The Kier molecular flexibility index (Phi) is 6.03. The number of nitrogens with zero attached hydrogens (tertiary/aromatic N) is 1. The van der Waals surface area contributed by atoms with Gasteiger partial charge in [0.2, 0.25) is 0 Å². The zero-order valence-electron chi connectivity index (χ0n) is 13.4. The largest absolute Gasteiger partial charge is 0.393 e. The molecule has 4 heteroatoms. The molecule has 2 unspecified atom stereocenters. The normalized spacial score (nSPS) is 20.0. The topological polar surface area (TPSA) is 44.7 Å². The minimum Gasteiger partial charge on any atom is -0.393 e. The molecule has 2 atom stereocenters. The molecule has 0 spiro atoms. The molecule has 1 aliphatic rings. The van der Waals surface area contributed by atoms with Crippen molar-refractivity contribution in [2.24, 2.45) is 5.92 Å². The van der Waals surface area contributed by atoms with Crippen molar-refractivity contribution >= 4 is 5.69 Å². The lowest BCUT2D eigenvalue weighted by Gasteiger charge is -2.21. The van der Waals surface area contributed by atoms with E-state index in [-0.39, 0.29) is 6.10 Å². The summed E-state index contributed by atoms with van der Waals surface area (Å²) in [6.45, 7) is 8.56. The molecule has 1 saturated heterocycles. The molecule has 4 nitrogen and oxygen atoms in total. The van der Waals surface area contributed by atoms with Gasteiger partial charge in [0.05, 0.1) is 12.7 Å². The molecule has 0 radical (unpaired) electrons. The van der Waals surface area contributed by atoms with Crippen LogP contribution in [0.5, 0.6) is 0 Å². The Morgan fingerprint density at radius 3 is 2.90 bits per heavy atom. The minimum absolute atomic E-state index is 0.208. The molecular weight excluding hydrogens is 264 g/mol. The maximum Gasteiger partial charge on any atom is 0.0587 e. The van der Waals surface area contributed by atoms with Crippen molar-refractivity contribution in [2.45, 2.75) is 32.9 Å². The van der Waals surface area contributed by atoms with Gasteiger partial charge in [-0.2, -0.15) is 0 Å². The molecule has 1 aliphatic heterocycles. The van der Waals surface area contributed by atoms with Gasteiger partial charge in [-0.3, -0.25) is 0 Å². The van der Waals surface area contributed by atoms with Crippen molar-refractivity contribution in [3.05, 3.63) is 29.3 Å². The number of ether oxygens (including phenoxy) is 1. The van der Waals surface area contributed by atoms with Crippen LogP contribution in [0.2, 0.25) is 0 Å². The van der Waals surface area contributed by atoms with E-state index in [0.29, 0.717) is 5.92 Å². The van der Waals surface area contributed by atoms with Gasteiger partial charge in [0, 0.05) is 44.9 Å². The molecule has 1 fully saturated rings. The number of aryl methyl sites for hydroxylation is 1. The predicted octanol–water partition coefficient (Wildman–Crippen LogP) is 1.94. The molecule has 1 aromatic carbocycles. The zero-order valence-corrected chi connectivity index (χ0v) is 13.4. The van der Waals surface area contributed by atoms with E-state index < -0.39 is 0 Å². The third-order valence-electron chi connectivity index (χ3n) is 4.40. The van der Waals surface area contributed by atoms with Crippen molar-refractivity contribution in [3.63, 3.8) is 0 Å². The fraction of sp³-hybridized carbons (Fsp3) is 0.647. The van der Waals surface area contributed by atoms with Crippen LogP contribution in [-0.4, -0.2) is 44.6 Å². The number of methoxy groups -OCH3 is 1. The van der Waals surface area contributed by atoms with E-state index in [0.717, 1.165) is 39.2 Å². The van der Waals surface area contributed by atoms with Gasteiger partial charge in [-0.1, -0.05) is 6.07 Å². The Labute approximate surface area is 128 Å². The van der Waals surface area contributed by atoms with E-state index in [9.17, 15) is 5.11 Å². The fourth-order valence-corrected chi connectivity index (χ4v) is 2.89. The highest BCUT2D eigenvalue weighted by Crippen LogP contribution is 2.27. The first-order valence-electron chi connectivity index (χ1n) is 7.84. The first kappa shape index (κ1) is 16.3. The number of rotatable bonds is 7. The average molecular weight is 292 g/mol. The Balaban J connectivity index is 1.93. The monoisotopic (exact) mass is 292 g/mol. The Morgan fingerprint density at radius 2 is 2.29 bits per heavy atom. The van der Waals surface area contributed by atoms with Crippen LogP contribution < -0.4 is 10.2 Å². The van der Waals surface area contributed by atoms with E-state index in [1.165, 1.54) is 16.8 Å². The molecule has 2 rings (SSSR count). The summed E-state index contributed by atoms with van der Waals surface area (Å²) in [5, 5.41) is 13.1. The molecule has 2 N–H and O–H groups in total. The quantitative estimate of drug-likeness (QED) is 0.754. The fourth-order valence-electron chi connectivity index (χ4n) is 2.89. The summed E-state index contributed by atoms with van der Waals surface area (Å²) in [6.07, 6.45) is 0.872. The van der Waals surface area contributed by atoms with E-state index >= 15 is 0 Å². The van der Waals surface area contributed by atoms with Crippen molar-refractivity contribution in [3.8, 4) is 0 Å². The number of anilines is 1. The second-order valence-corrected chi connectivity index (χ2v) is 6.02. The van der Waals surface area contributed by atoms with Gasteiger partial charge in [-0.15, -0.1) is 0 Å². The number of nitrogens with one attached hydrogen (secondary N) is 1. The summed E-state index contributed by atoms with van der Waals surface area (Å²) in [4.78, 5) is 2.38. The maximum atomic E-state index is 9.71. The Bertz CT molecular complexity index is 448. The smallest absolute Gasteiger partial charge is 0.0587 e. The number of benzene rings is 1. The van der Waals surface area contributed by atoms with Gasteiger partial charge >= 0.3 is 0 Å². The lowest BCUT2D eigenvalue weighted by Crippen LogP contribution is -2.24. The van der Waals surface area contributed by atoms with Crippen molar-refractivity contribution in [1.82, 2.24) is 5.32 Å². The number of aliphatic hydroxyl groups is 1. The molecule has 0 aliphatic carbocycles. The third-order valence-corrected chi connectivity index (χ3v) is 4.40. The van der Waals surface area contributed by atoms with Gasteiger partial charge < -0.3 is 20.1 Å². The zero-order chi connectivity index (χ0) is 15.2. The van der Waals surface area contributed by atoms with Crippen LogP contribution in [0.15, 0.2) is 18.2 Å². The summed E-state index contributed by atoms with van der Waals surface area (Å²) in [6, 6.07) is 6.67. The average Bonchev–Trinajstić information content (AvgIpc) is 2.95. The van der Waals surface area contributed by atoms with E-state index in [1.54, 1.807) is 7.11 Å². The maximum absolute atomic E-state index is 9.71. The predicted molar refractivity (Wildman–Crippen MR) is 86.8 cm³/mol. The molecule has 21 heavy (non-hydrogen) atoms. The number of hydrogen-bond donors (Lipinski definition) is 2. The van der Waals surface area contributed by atoms with Crippen LogP contribution in [0.1, 0.15) is 24.5 Å². The van der Waals surface area contributed by atoms with Gasteiger partial charge in [0.25, 0.3) is 0 Å². The Morgan fingerprint density at radius 1 is 1.48 bits per heavy atom. The van der Waals surface area contributed by atoms with Crippen LogP contribution in [0, 0.1) is 12.8 Å². The third kappa shape index (κ3) is 4.43. The van der Waals surface area contributed by atoms with E-state index in [2.05, 4.69) is 35.3 Å². The van der Waals surface area contributed by atoms with Crippen molar-refractivity contribution in [1.29, 1.82) is 0 Å². The van der Waals surface area contributed by atoms with Crippen molar-refractivity contribution < 1.29 is 9.84 Å². The molecule has 1 heterocycles. The minimum atomic E-state index is -0.208. The summed E-state index contributed by atoms with van der Waals surface area (Å²) in [5.74, 6) is 0.403. The van der Waals surface area contributed by atoms with Crippen LogP contribution in [0.25, 0.3) is 0 Å². The summed E-state index contributed by atoms with van der Waals surface area (Å²) in [5.41, 5.74) is 3.93. The molecular formula is C17H28N2O2. The van der Waals surface area contributed by atoms with Gasteiger partial charge in [0.1, 0.15) is 0 Å². The van der Waals surface area contributed by atoms with Gasteiger partial charge in [-0.05, 0) is 43.5 Å². The summed E-state index contributed by atoms with van der Waals surface area (Å²) < 4.78 is 5.04. The van der Waals surface area contributed by atoms with E-state index in [1.807, 2.05) is 6.92 Å². The SMILES string of the molecule is COCCNCc1ccc(N2CCC(C(C)O)C2)cc1C. The second kappa shape index (κ2) is 7.78. The van der Waals surface area contributed by atoms with Crippen LogP contribution in [0.3, 0.4) is 0 Å². The lowest BCUT2D eigenvalue weighted by atomic mass is 10.0. The van der Waals surface area contributed by atoms with Crippen LogP contribution in [-0.2, 0) is 11.3 Å². The molecule has 0 bridgehead atoms. The van der Waals surface area contributed by atoms with E-state index in [4.69, 9.17) is 4.74 Å². The van der Waals surface area contributed by atoms with Gasteiger partial charge in [-0.25, -0.2) is 0 Å². The van der Waals surface area contributed by atoms with Crippen LogP contribution in [0.4, 0.5) is 5.69 Å². The second-order valence-electron chi connectivity index (χ2n) is 6.02. The molecule has 0 amide bonds. The van der Waals surface area contributed by atoms with Crippen molar-refractivity contribution in [2.75, 3.05) is 38.3 Å². The highest BCUT2D eigenvalue weighted by atomic mass is 16.5. The van der Waals surface area contributed by atoms with Crippen LogP contribution >= 0.6 is 0 Å².